The molecular weight excluding hydrogens is 282 g/mol. The van der Waals surface area contributed by atoms with Crippen LogP contribution >= 0.6 is 0 Å². The largest absolute Gasteiger partial charge is 0.493 e. The molecular formula is C16H21N3O3. The van der Waals surface area contributed by atoms with Crippen molar-refractivity contribution < 1.29 is 14.3 Å². The number of hydrogen-bond acceptors (Lipinski definition) is 4. The summed E-state index contributed by atoms with van der Waals surface area (Å²) in [6.45, 7) is 5.29. The summed E-state index contributed by atoms with van der Waals surface area (Å²) in [6, 6.07) is 5.09. The molecule has 1 heterocycles. The van der Waals surface area contributed by atoms with E-state index in [0.29, 0.717) is 23.6 Å². The number of aromatic nitrogens is 2. The first-order valence-corrected chi connectivity index (χ1v) is 7.12. The van der Waals surface area contributed by atoms with Gasteiger partial charge in [-0.3, -0.25) is 9.48 Å². The number of ether oxygens (including phenoxy) is 2. The summed E-state index contributed by atoms with van der Waals surface area (Å²) in [5.74, 6) is 0.967. The summed E-state index contributed by atoms with van der Waals surface area (Å²) in [5.41, 5.74) is 2.60. The molecule has 0 fully saturated rings. The van der Waals surface area contributed by atoms with Gasteiger partial charge in [-0.05, 0) is 32.0 Å². The van der Waals surface area contributed by atoms with Gasteiger partial charge in [0.15, 0.2) is 11.5 Å². The smallest absolute Gasteiger partial charge is 0.251 e. The second-order valence-electron chi connectivity index (χ2n) is 4.82. The standard InChI is InChI=1S/C16H21N3O3/c1-5-19-11(2)13(10-18-19)9-17-16(20)12-6-7-14(21-3)15(8-12)22-4/h6-8,10H,5,9H2,1-4H3,(H,17,20). The van der Waals surface area contributed by atoms with Crippen LogP contribution in [0.3, 0.4) is 0 Å². The summed E-state index contributed by atoms with van der Waals surface area (Å²) in [5, 5.41) is 7.16. The molecule has 118 valence electrons. The van der Waals surface area contributed by atoms with Crippen LogP contribution in [0.4, 0.5) is 0 Å². The minimum atomic E-state index is -0.162. The lowest BCUT2D eigenvalue weighted by Gasteiger charge is -2.10. The van der Waals surface area contributed by atoms with Crippen LogP contribution in [0.5, 0.6) is 11.5 Å². The Bertz CT molecular complexity index is 665. The quantitative estimate of drug-likeness (QED) is 0.888. The molecule has 0 aliphatic rings. The average Bonchev–Trinajstić information content (AvgIpc) is 2.91. The van der Waals surface area contributed by atoms with Crippen molar-refractivity contribution in [1.82, 2.24) is 15.1 Å². The van der Waals surface area contributed by atoms with Gasteiger partial charge in [0.25, 0.3) is 5.91 Å². The van der Waals surface area contributed by atoms with E-state index >= 15 is 0 Å². The third-order valence-corrected chi connectivity index (χ3v) is 3.59. The number of benzene rings is 1. The van der Waals surface area contributed by atoms with E-state index in [0.717, 1.165) is 17.8 Å². The van der Waals surface area contributed by atoms with E-state index in [2.05, 4.69) is 10.4 Å². The van der Waals surface area contributed by atoms with Gasteiger partial charge in [0.2, 0.25) is 0 Å². The molecule has 1 aromatic heterocycles. The van der Waals surface area contributed by atoms with Crippen LogP contribution in [-0.2, 0) is 13.1 Å². The first-order chi connectivity index (χ1) is 10.6. The zero-order valence-corrected chi connectivity index (χ0v) is 13.3. The molecule has 0 saturated carbocycles. The molecule has 0 unspecified atom stereocenters. The zero-order chi connectivity index (χ0) is 16.1. The Hall–Kier alpha value is -2.50. The van der Waals surface area contributed by atoms with E-state index in [-0.39, 0.29) is 5.91 Å². The molecule has 6 nitrogen and oxygen atoms in total. The van der Waals surface area contributed by atoms with Crippen LogP contribution in [0.25, 0.3) is 0 Å². The lowest BCUT2D eigenvalue weighted by Crippen LogP contribution is -2.23. The van der Waals surface area contributed by atoms with E-state index in [1.54, 1.807) is 38.6 Å². The molecule has 0 radical (unpaired) electrons. The maximum absolute atomic E-state index is 12.2. The molecule has 1 amide bonds. The van der Waals surface area contributed by atoms with Crippen molar-refractivity contribution in [2.24, 2.45) is 0 Å². The minimum absolute atomic E-state index is 0.162. The number of hydrogen-bond donors (Lipinski definition) is 1. The summed E-state index contributed by atoms with van der Waals surface area (Å²) < 4.78 is 12.3. The van der Waals surface area contributed by atoms with Crippen molar-refractivity contribution in [2.75, 3.05) is 14.2 Å². The van der Waals surface area contributed by atoms with Crippen LogP contribution in [0.1, 0.15) is 28.5 Å². The fraction of sp³-hybridized carbons (Fsp3) is 0.375. The van der Waals surface area contributed by atoms with Gasteiger partial charge in [-0.25, -0.2) is 0 Å². The fourth-order valence-corrected chi connectivity index (χ4v) is 2.23. The first kappa shape index (κ1) is 15.9. The van der Waals surface area contributed by atoms with Gasteiger partial charge in [0, 0.05) is 29.9 Å². The first-order valence-electron chi connectivity index (χ1n) is 7.12. The molecule has 2 rings (SSSR count). The highest BCUT2D eigenvalue weighted by molar-refractivity contribution is 5.94. The Morgan fingerprint density at radius 3 is 2.59 bits per heavy atom. The molecule has 0 atom stereocenters. The molecule has 1 aromatic carbocycles. The number of carbonyl (C=O) groups is 1. The normalized spacial score (nSPS) is 10.4. The van der Waals surface area contributed by atoms with Gasteiger partial charge in [0.05, 0.1) is 20.4 Å². The predicted octanol–water partition coefficient (Wildman–Crippen LogP) is 2.16. The predicted molar refractivity (Wildman–Crippen MR) is 83.4 cm³/mol. The average molecular weight is 303 g/mol. The number of aryl methyl sites for hydroxylation is 1. The summed E-state index contributed by atoms with van der Waals surface area (Å²) in [4.78, 5) is 12.2. The lowest BCUT2D eigenvalue weighted by atomic mass is 10.1. The van der Waals surface area contributed by atoms with E-state index in [1.807, 2.05) is 18.5 Å². The van der Waals surface area contributed by atoms with Crippen molar-refractivity contribution in [3.8, 4) is 11.5 Å². The number of amides is 1. The van der Waals surface area contributed by atoms with Gasteiger partial charge < -0.3 is 14.8 Å². The van der Waals surface area contributed by atoms with E-state index in [1.165, 1.54) is 0 Å². The van der Waals surface area contributed by atoms with Crippen molar-refractivity contribution in [3.63, 3.8) is 0 Å². The molecule has 22 heavy (non-hydrogen) atoms. The topological polar surface area (TPSA) is 65.4 Å². The highest BCUT2D eigenvalue weighted by Crippen LogP contribution is 2.27. The van der Waals surface area contributed by atoms with Gasteiger partial charge >= 0.3 is 0 Å². The minimum Gasteiger partial charge on any atom is -0.493 e. The molecule has 0 aliphatic carbocycles. The SMILES string of the molecule is CCn1ncc(CNC(=O)c2ccc(OC)c(OC)c2)c1C. The van der Waals surface area contributed by atoms with Crippen LogP contribution in [0.2, 0.25) is 0 Å². The van der Waals surface area contributed by atoms with Crippen LogP contribution in [-0.4, -0.2) is 29.9 Å². The van der Waals surface area contributed by atoms with Crippen LogP contribution < -0.4 is 14.8 Å². The maximum Gasteiger partial charge on any atom is 0.251 e. The number of rotatable bonds is 6. The summed E-state index contributed by atoms with van der Waals surface area (Å²) in [6.07, 6.45) is 1.79. The third-order valence-electron chi connectivity index (χ3n) is 3.59. The highest BCUT2D eigenvalue weighted by atomic mass is 16.5. The Kier molecular flexibility index (Phi) is 5.04. The zero-order valence-electron chi connectivity index (χ0n) is 13.3. The number of nitrogens with zero attached hydrogens (tertiary/aromatic N) is 2. The Labute approximate surface area is 130 Å². The van der Waals surface area contributed by atoms with Crippen molar-refractivity contribution in [1.29, 1.82) is 0 Å². The van der Waals surface area contributed by atoms with Gasteiger partial charge in [-0.1, -0.05) is 0 Å². The third kappa shape index (κ3) is 3.21. The number of methoxy groups -OCH3 is 2. The maximum atomic E-state index is 12.2. The van der Waals surface area contributed by atoms with Gasteiger partial charge in [-0.2, -0.15) is 5.10 Å². The highest BCUT2D eigenvalue weighted by Gasteiger charge is 2.12. The van der Waals surface area contributed by atoms with E-state index in [9.17, 15) is 4.79 Å². The molecule has 0 saturated heterocycles. The molecule has 2 aromatic rings. The van der Waals surface area contributed by atoms with E-state index in [4.69, 9.17) is 9.47 Å². The molecule has 6 heteroatoms. The fourth-order valence-electron chi connectivity index (χ4n) is 2.23. The van der Waals surface area contributed by atoms with Gasteiger partial charge in [-0.15, -0.1) is 0 Å². The molecule has 0 bridgehead atoms. The molecule has 1 N–H and O–H groups in total. The second-order valence-corrected chi connectivity index (χ2v) is 4.82. The second kappa shape index (κ2) is 6.98. The van der Waals surface area contributed by atoms with Crippen molar-refractivity contribution >= 4 is 5.91 Å². The van der Waals surface area contributed by atoms with Crippen molar-refractivity contribution in [3.05, 3.63) is 41.2 Å². The van der Waals surface area contributed by atoms with Crippen LogP contribution in [0.15, 0.2) is 24.4 Å². The van der Waals surface area contributed by atoms with Crippen LogP contribution in [0, 0.1) is 6.92 Å². The summed E-state index contributed by atoms with van der Waals surface area (Å²) in [7, 11) is 3.10. The Morgan fingerprint density at radius 1 is 1.27 bits per heavy atom. The molecule has 0 spiro atoms. The Morgan fingerprint density at radius 2 is 2.00 bits per heavy atom. The lowest BCUT2D eigenvalue weighted by molar-refractivity contribution is 0.0950. The molecule has 0 aliphatic heterocycles. The monoisotopic (exact) mass is 303 g/mol. The van der Waals surface area contributed by atoms with E-state index < -0.39 is 0 Å². The number of nitrogens with one attached hydrogen (secondary N) is 1. The Balaban J connectivity index is 2.07. The summed E-state index contributed by atoms with van der Waals surface area (Å²) >= 11 is 0. The number of carbonyl (C=O) groups excluding carboxylic acids is 1. The van der Waals surface area contributed by atoms with Crippen molar-refractivity contribution in [2.45, 2.75) is 26.9 Å². The van der Waals surface area contributed by atoms with Gasteiger partial charge in [0.1, 0.15) is 0 Å².